The minimum Gasteiger partial charge on any atom is -0.456 e. The van der Waals surface area contributed by atoms with Crippen molar-refractivity contribution in [1.29, 1.82) is 0 Å². The van der Waals surface area contributed by atoms with E-state index in [9.17, 15) is 18.0 Å². The fourth-order valence-corrected chi connectivity index (χ4v) is 4.34. The molecule has 0 aliphatic carbocycles. The van der Waals surface area contributed by atoms with E-state index in [0.717, 1.165) is 5.39 Å². The lowest BCUT2D eigenvalue weighted by atomic mass is 10.1. The van der Waals surface area contributed by atoms with Crippen LogP contribution in [0.4, 0.5) is 0 Å². The van der Waals surface area contributed by atoms with Crippen LogP contribution in [0.2, 0.25) is 0 Å². The number of carbonyl (C=O) groups is 2. The van der Waals surface area contributed by atoms with E-state index < -0.39 is 34.9 Å². The lowest BCUT2D eigenvalue weighted by Crippen LogP contribution is -2.24. The summed E-state index contributed by atoms with van der Waals surface area (Å²) >= 11 is 0. The fourth-order valence-electron chi connectivity index (χ4n) is 3.09. The van der Waals surface area contributed by atoms with Gasteiger partial charge in [0.1, 0.15) is 18.0 Å². The van der Waals surface area contributed by atoms with Crippen LogP contribution in [0.25, 0.3) is 11.0 Å². The van der Waals surface area contributed by atoms with E-state index in [4.69, 9.17) is 9.15 Å². The van der Waals surface area contributed by atoms with Gasteiger partial charge in [0, 0.05) is 16.5 Å². The lowest BCUT2D eigenvalue weighted by molar-refractivity contribution is -0.140. The first-order chi connectivity index (χ1) is 13.9. The Bertz CT molecular complexity index is 1270. The molecule has 0 bridgehead atoms. The third kappa shape index (κ3) is 3.52. The maximum atomic E-state index is 12.4. The van der Waals surface area contributed by atoms with Crippen LogP contribution in [-0.4, -0.2) is 39.2 Å². The van der Waals surface area contributed by atoms with Gasteiger partial charge in [-0.05, 0) is 25.1 Å². The highest BCUT2D eigenvalue weighted by Gasteiger charge is 2.30. The van der Waals surface area contributed by atoms with Gasteiger partial charge in [0.15, 0.2) is 12.4 Å². The molecule has 1 aliphatic heterocycles. The Balaban J connectivity index is 1.41. The summed E-state index contributed by atoms with van der Waals surface area (Å²) < 4.78 is 36.9. The molecule has 0 spiro atoms. The SMILES string of the molecule is Cc1c(C(=O)COC(=O)CN=C2NS(=O)(=O)c3ccccc32)oc2ccccc12. The first kappa shape index (κ1) is 18.9. The summed E-state index contributed by atoms with van der Waals surface area (Å²) in [4.78, 5) is 28.4. The first-order valence-electron chi connectivity index (χ1n) is 8.70. The predicted octanol–water partition coefficient (Wildman–Crippen LogP) is 2.21. The molecule has 2 heterocycles. The van der Waals surface area contributed by atoms with Crippen LogP contribution in [0.3, 0.4) is 0 Å². The number of nitrogens with zero attached hydrogens (tertiary/aromatic N) is 1. The van der Waals surface area contributed by atoms with Crippen LogP contribution < -0.4 is 4.72 Å². The van der Waals surface area contributed by atoms with Gasteiger partial charge >= 0.3 is 5.97 Å². The molecule has 3 aromatic rings. The van der Waals surface area contributed by atoms with E-state index in [1.807, 2.05) is 12.1 Å². The van der Waals surface area contributed by atoms with Gasteiger partial charge in [0.05, 0.1) is 4.90 Å². The van der Waals surface area contributed by atoms with Gasteiger partial charge in [-0.2, -0.15) is 0 Å². The monoisotopic (exact) mass is 412 g/mol. The zero-order valence-corrected chi connectivity index (χ0v) is 16.2. The van der Waals surface area contributed by atoms with E-state index in [1.165, 1.54) is 6.07 Å². The van der Waals surface area contributed by atoms with Crippen LogP contribution in [0.5, 0.6) is 0 Å². The molecule has 0 saturated carbocycles. The van der Waals surface area contributed by atoms with Crippen molar-refractivity contribution in [3.05, 3.63) is 65.4 Å². The summed E-state index contributed by atoms with van der Waals surface area (Å²) in [5.41, 5.74) is 1.64. The van der Waals surface area contributed by atoms with Gasteiger partial charge in [-0.25, -0.2) is 8.42 Å². The van der Waals surface area contributed by atoms with Gasteiger partial charge in [-0.3, -0.25) is 19.3 Å². The Morgan fingerprint density at radius 3 is 2.62 bits per heavy atom. The second-order valence-electron chi connectivity index (χ2n) is 6.40. The van der Waals surface area contributed by atoms with Crippen molar-refractivity contribution in [3.8, 4) is 0 Å². The van der Waals surface area contributed by atoms with E-state index in [-0.39, 0.29) is 16.5 Å². The van der Waals surface area contributed by atoms with Crippen LogP contribution in [0.15, 0.2) is 62.8 Å². The molecule has 1 aliphatic rings. The third-order valence-corrected chi connectivity index (χ3v) is 5.89. The minimum absolute atomic E-state index is 0.0667. The number of esters is 1. The van der Waals surface area contributed by atoms with E-state index in [0.29, 0.717) is 16.7 Å². The van der Waals surface area contributed by atoms with Crippen molar-refractivity contribution in [2.24, 2.45) is 4.99 Å². The predicted molar refractivity (Wildman–Crippen MR) is 104 cm³/mol. The van der Waals surface area contributed by atoms with Crippen molar-refractivity contribution in [2.75, 3.05) is 13.2 Å². The van der Waals surface area contributed by atoms with Crippen LogP contribution >= 0.6 is 0 Å². The molecule has 0 fully saturated rings. The van der Waals surface area contributed by atoms with Gasteiger partial charge in [0.2, 0.25) is 5.78 Å². The molecule has 29 heavy (non-hydrogen) atoms. The number of para-hydroxylation sites is 1. The molecule has 8 nitrogen and oxygen atoms in total. The molecule has 1 aromatic heterocycles. The largest absolute Gasteiger partial charge is 0.456 e. The number of aryl methyl sites for hydroxylation is 1. The average Bonchev–Trinajstić information content (AvgIpc) is 3.19. The average molecular weight is 412 g/mol. The number of rotatable bonds is 5. The zero-order chi connectivity index (χ0) is 20.6. The van der Waals surface area contributed by atoms with Gasteiger partial charge in [0.25, 0.3) is 10.0 Å². The highest BCUT2D eigenvalue weighted by atomic mass is 32.2. The zero-order valence-electron chi connectivity index (χ0n) is 15.3. The molecule has 4 rings (SSSR count). The lowest BCUT2D eigenvalue weighted by Gasteiger charge is -2.03. The smallest absolute Gasteiger partial charge is 0.328 e. The number of fused-ring (bicyclic) bond motifs is 2. The van der Waals surface area contributed by atoms with E-state index in [2.05, 4.69) is 9.71 Å². The second-order valence-corrected chi connectivity index (χ2v) is 8.05. The Kier molecular flexibility index (Phi) is 4.67. The summed E-state index contributed by atoms with van der Waals surface area (Å²) in [7, 11) is -3.68. The molecule has 0 saturated heterocycles. The number of nitrogens with one attached hydrogen (secondary N) is 1. The summed E-state index contributed by atoms with van der Waals surface area (Å²) in [6, 6.07) is 13.5. The second kappa shape index (κ2) is 7.17. The molecule has 0 unspecified atom stereocenters. The Labute approximate surface area is 166 Å². The topological polar surface area (TPSA) is 115 Å². The van der Waals surface area contributed by atoms with Crippen LogP contribution in [0.1, 0.15) is 21.7 Å². The number of hydrogen-bond acceptors (Lipinski definition) is 7. The van der Waals surface area contributed by atoms with Crippen LogP contribution in [0, 0.1) is 6.92 Å². The summed E-state index contributed by atoms with van der Waals surface area (Å²) in [5, 5.41) is 0.820. The number of ether oxygens (including phenoxy) is 1. The van der Waals surface area contributed by atoms with E-state index >= 15 is 0 Å². The number of furan rings is 1. The summed E-state index contributed by atoms with van der Waals surface area (Å²) in [6.07, 6.45) is 0. The molecule has 1 N–H and O–H groups in total. The van der Waals surface area contributed by atoms with Gasteiger partial charge in [-0.15, -0.1) is 0 Å². The van der Waals surface area contributed by atoms with Crippen LogP contribution in [-0.2, 0) is 19.6 Å². The Morgan fingerprint density at radius 2 is 1.83 bits per heavy atom. The molecule has 9 heteroatoms. The van der Waals surface area contributed by atoms with Crippen molar-refractivity contribution in [3.63, 3.8) is 0 Å². The summed E-state index contributed by atoms with van der Waals surface area (Å²) in [5.74, 6) is -1.02. The van der Waals surface area contributed by atoms with Gasteiger partial charge < -0.3 is 9.15 Å². The molecule has 0 amide bonds. The first-order valence-corrected chi connectivity index (χ1v) is 10.2. The summed E-state index contributed by atoms with van der Waals surface area (Å²) in [6.45, 7) is 0.835. The number of ketones is 1. The Morgan fingerprint density at radius 1 is 1.10 bits per heavy atom. The van der Waals surface area contributed by atoms with Gasteiger partial charge in [-0.1, -0.05) is 30.3 Å². The standard InChI is InChI=1S/C20H16N2O6S/c1-12-13-6-2-4-8-16(13)28-19(12)15(23)11-27-18(24)10-21-20-14-7-3-5-9-17(14)29(25,26)22-20/h2-9H,10-11H2,1H3,(H,21,22). The molecule has 2 aromatic carbocycles. The van der Waals surface area contributed by atoms with Crippen molar-refractivity contribution < 1.29 is 27.2 Å². The molecule has 0 radical (unpaired) electrons. The fraction of sp³-hybridized carbons (Fsp3) is 0.150. The highest BCUT2D eigenvalue weighted by Crippen LogP contribution is 2.25. The quantitative estimate of drug-likeness (QED) is 0.507. The number of aliphatic imine (C=N–C) groups is 1. The Hall–Kier alpha value is -3.46. The molecule has 0 atom stereocenters. The van der Waals surface area contributed by atoms with Crippen molar-refractivity contribution in [2.45, 2.75) is 11.8 Å². The third-order valence-electron chi connectivity index (χ3n) is 4.49. The molecular weight excluding hydrogens is 396 g/mol. The number of benzene rings is 2. The van der Waals surface area contributed by atoms with Crippen molar-refractivity contribution in [1.82, 2.24) is 4.72 Å². The number of sulfonamides is 1. The number of hydrogen-bond donors (Lipinski definition) is 1. The maximum Gasteiger partial charge on any atom is 0.328 e. The normalized spacial score (nSPS) is 15.8. The molecule has 148 valence electrons. The van der Waals surface area contributed by atoms with Crippen molar-refractivity contribution >= 4 is 38.6 Å². The maximum absolute atomic E-state index is 12.4. The number of amidine groups is 1. The number of Topliss-reactive ketones (excluding diaryl/α,β-unsaturated/α-hetero) is 1. The minimum atomic E-state index is -3.68. The van der Waals surface area contributed by atoms with E-state index in [1.54, 1.807) is 37.3 Å². The molecular formula is C20H16N2O6S. The number of carbonyl (C=O) groups excluding carboxylic acids is 2. The highest BCUT2D eigenvalue weighted by molar-refractivity contribution is 7.90.